The number of aromatic nitrogens is 3. The predicted molar refractivity (Wildman–Crippen MR) is 71.8 cm³/mol. The fourth-order valence-corrected chi connectivity index (χ4v) is 1.68. The van der Waals surface area contributed by atoms with Crippen LogP contribution in [-0.2, 0) is 0 Å². The molecule has 0 aliphatic carbocycles. The predicted octanol–water partition coefficient (Wildman–Crippen LogP) is 2.61. The van der Waals surface area contributed by atoms with Crippen molar-refractivity contribution in [3.8, 4) is 0 Å². The van der Waals surface area contributed by atoms with Crippen LogP contribution < -0.4 is 5.32 Å². The largest absolute Gasteiger partial charge is 0.478 e. The minimum absolute atomic E-state index is 0.207. The second kappa shape index (κ2) is 5.09. The fourth-order valence-electron chi connectivity index (χ4n) is 1.68. The molecule has 2 aromatic rings. The van der Waals surface area contributed by atoms with E-state index in [9.17, 15) is 4.79 Å². The lowest BCUT2D eigenvalue weighted by Crippen LogP contribution is -2.05. The van der Waals surface area contributed by atoms with Gasteiger partial charge in [0.25, 0.3) is 0 Å². The van der Waals surface area contributed by atoms with Gasteiger partial charge in [-0.05, 0) is 32.9 Å². The molecule has 6 nitrogen and oxygen atoms in total. The Morgan fingerprint density at radius 3 is 2.58 bits per heavy atom. The maximum Gasteiger partial charge on any atom is 0.337 e. The highest BCUT2D eigenvalue weighted by Crippen LogP contribution is 2.16. The van der Waals surface area contributed by atoms with Crippen molar-refractivity contribution in [3.05, 3.63) is 35.7 Å². The molecule has 2 aromatic heterocycles. The van der Waals surface area contributed by atoms with Crippen molar-refractivity contribution in [2.75, 3.05) is 5.32 Å². The lowest BCUT2D eigenvalue weighted by Gasteiger charge is -2.06. The monoisotopic (exact) mass is 260 g/mol. The number of carboxylic acids is 1. The van der Waals surface area contributed by atoms with Crippen LogP contribution in [0.4, 0.5) is 11.6 Å². The average molecular weight is 260 g/mol. The van der Waals surface area contributed by atoms with E-state index in [2.05, 4.69) is 15.4 Å². The van der Waals surface area contributed by atoms with Gasteiger partial charge in [0.2, 0.25) is 0 Å². The van der Waals surface area contributed by atoms with Crippen molar-refractivity contribution in [3.63, 3.8) is 0 Å². The van der Waals surface area contributed by atoms with E-state index in [-0.39, 0.29) is 5.56 Å². The Labute approximate surface area is 111 Å². The Bertz CT molecular complexity index is 604. The van der Waals surface area contributed by atoms with Crippen LogP contribution in [0.3, 0.4) is 0 Å². The van der Waals surface area contributed by atoms with E-state index >= 15 is 0 Å². The van der Waals surface area contributed by atoms with Crippen LogP contribution in [0.2, 0.25) is 0 Å². The molecule has 0 amide bonds. The molecular formula is C13H16N4O2. The first-order valence-electron chi connectivity index (χ1n) is 6.00. The van der Waals surface area contributed by atoms with Gasteiger partial charge in [0, 0.05) is 18.3 Å². The number of nitrogens with zero attached hydrogens (tertiary/aromatic N) is 3. The Morgan fingerprint density at radius 2 is 2.05 bits per heavy atom. The number of carboxylic acid groups (broad SMARTS) is 1. The van der Waals surface area contributed by atoms with Crippen LogP contribution >= 0.6 is 0 Å². The van der Waals surface area contributed by atoms with Crippen LogP contribution in [0.1, 0.15) is 35.9 Å². The van der Waals surface area contributed by atoms with E-state index in [0.717, 1.165) is 0 Å². The summed E-state index contributed by atoms with van der Waals surface area (Å²) >= 11 is 0. The third-order valence-corrected chi connectivity index (χ3v) is 2.71. The molecule has 0 saturated heterocycles. The Balaban J connectivity index is 2.19. The topological polar surface area (TPSA) is 80.0 Å². The summed E-state index contributed by atoms with van der Waals surface area (Å²) in [6.07, 6.45) is 1.88. The van der Waals surface area contributed by atoms with Gasteiger partial charge < -0.3 is 10.4 Å². The first-order chi connectivity index (χ1) is 8.97. The van der Waals surface area contributed by atoms with E-state index in [1.807, 2.05) is 30.8 Å². The number of pyridine rings is 1. The van der Waals surface area contributed by atoms with E-state index in [4.69, 9.17) is 5.11 Å². The molecule has 2 N–H and O–H groups in total. The second-order valence-electron chi connectivity index (χ2n) is 4.53. The van der Waals surface area contributed by atoms with Crippen LogP contribution in [-0.4, -0.2) is 25.8 Å². The number of aromatic carboxylic acids is 1. The standard InChI is InChI=1S/C13H16N4O2/c1-8(2)17-7-6-12(16-17)15-11-5-4-10(13(18)19)9(3)14-11/h4-8H,1-3H3,(H,18,19)(H,14,15,16). The minimum atomic E-state index is -0.972. The molecule has 19 heavy (non-hydrogen) atoms. The van der Waals surface area contributed by atoms with Crippen molar-refractivity contribution < 1.29 is 9.90 Å². The van der Waals surface area contributed by atoms with Crippen LogP contribution in [0, 0.1) is 6.92 Å². The van der Waals surface area contributed by atoms with Gasteiger partial charge in [-0.1, -0.05) is 0 Å². The van der Waals surface area contributed by atoms with Gasteiger partial charge in [-0.15, -0.1) is 0 Å². The van der Waals surface area contributed by atoms with Crippen molar-refractivity contribution in [1.29, 1.82) is 0 Å². The van der Waals surface area contributed by atoms with E-state index < -0.39 is 5.97 Å². The number of hydrogen-bond donors (Lipinski definition) is 2. The average Bonchev–Trinajstić information content (AvgIpc) is 2.77. The summed E-state index contributed by atoms with van der Waals surface area (Å²) < 4.78 is 1.83. The first kappa shape index (κ1) is 13.1. The zero-order valence-electron chi connectivity index (χ0n) is 11.1. The van der Waals surface area contributed by atoms with E-state index in [1.165, 1.54) is 6.07 Å². The van der Waals surface area contributed by atoms with E-state index in [0.29, 0.717) is 23.4 Å². The fraction of sp³-hybridized carbons (Fsp3) is 0.308. The maximum atomic E-state index is 10.9. The highest BCUT2D eigenvalue weighted by molar-refractivity contribution is 5.89. The zero-order valence-corrected chi connectivity index (χ0v) is 11.1. The second-order valence-corrected chi connectivity index (χ2v) is 4.53. The molecule has 0 unspecified atom stereocenters. The van der Waals surface area contributed by atoms with Gasteiger partial charge in [0.1, 0.15) is 5.82 Å². The van der Waals surface area contributed by atoms with Gasteiger partial charge in [-0.25, -0.2) is 9.78 Å². The SMILES string of the molecule is Cc1nc(Nc2ccn(C(C)C)n2)ccc1C(=O)O. The molecule has 0 spiro atoms. The summed E-state index contributed by atoms with van der Waals surface area (Å²) in [4.78, 5) is 15.1. The lowest BCUT2D eigenvalue weighted by molar-refractivity contribution is 0.0695. The molecule has 2 heterocycles. The molecule has 0 aliphatic rings. The number of rotatable bonds is 4. The molecular weight excluding hydrogens is 244 g/mol. The normalized spacial score (nSPS) is 10.7. The highest BCUT2D eigenvalue weighted by Gasteiger charge is 2.09. The number of hydrogen-bond acceptors (Lipinski definition) is 4. The highest BCUT2D eigenvalue weighted by atomic mass is 16.4. The Morgan fingerprint density at radius 1 is 1.32 bits per heavy atom. The summed E-state index contributed by atoms with van der Waals surface area (Å²) in [5.41, 5.74) is 0.680. The summed E-state index contributed by atoms with van der Waals surface area (Å²) in [6.45, 7) is 5.75. The maximum absolute atomic E-state index is 10.9. The van der Waals surface area contributed by atoms with Crippen LogP contribution in [0.25, 0.3) is 0 Å². The Kier molecular flexibility index (Phi) is 3.50. The van der Waals surface area contributed by atoms with E-state index in [1.54, 1.807) is 13.0 Å². The molecule has 0 saturated carbocycles. The van der Waals surface area contributed by atoms with Crippen molar-refractivity contribution in [2.24, 2.45) is 0 Å². The molecule has 2 rings (SSSR count). The number of aryl methyl sites for hydroxylation is 1. The zero-order chi connectivity index (χ0) is 14.0. The summed E-state index contributed by atoms with van der Waals surface area (Å²) in [5.74, 6) is 0.292. The van der Waals surface area contributed by atoms with Gasteiger partial charge in [0.05, 0.1) is 11.3 Å². The quantitative estimate of drug-likeness (QED) is 0.883. The minimum Gasteiger partial charge on any atom is -0.478 e. The van der Waals surface area contributed by atoms with Crippen molar-refractivity contribution in [2.45, 2.75) is 26.8 Å². The number of anilines is 2. The third kappa shape index (κ3) is 2.90. The molecule has 0 fully saturated rings. The Hall–Kier alpha value is -2.37. The summed E-state index contributed by atoms with van der Waals surface area (Å²) in [5, 5.41) is 16.3. The van der Waals surface area contributed by atoms with Gasteiger partial charge >= 0.3 is 5.97 Å². The van der Waals surface area contributed by atoms with Gasteiger partial charge in [-0.3, -0.25) is 4.68 Å². The lowest BCUT2D eigenvalue weighted by atomic mass is 10.2. The van der Waals surface area contributed by atoms with Crippen molar-refractivity contribution in [1.82, 2.24) is 14.8 Å². The van der Waals surface area contributed by atoms with Gasteiger partial charge in [-0.2, -0.15) is 5.10 Å². The van der Waals surface area contributed by atoms with Gasteiger partial charge in [0.15, 0.2) is 5.82 Å². The summed E-state index contributed by atoms with van der Waals surface area (Å²) in [7, 11) is 0. The molecule has 0 bridgehead atoms. The molecule has 6 heteroatoms. The molecule has 0 aliphatic heterocycles. The number of carbonyl (C=O) groups is 1. The van der Waals surface area contributed by atoms with Crippen molar-refractivity contribution >= 4 is 17.6 Å². The molecule has 0 radical (unpaired) electrons. The smallest absolute Gasteiger partial charge is 0.337 e. The summed E-state index contributed by atoms with van der Waals surface area (Å²) in [6, 6.07) is 5.30. The third-order valence-electron chi connectivity index (χ3n) is 2.71. The number of nitrogens with one attached hydrogen (secondary N) is 1. The molecule has 0 atom stereocenters. The molecule has 0 aromatic carbocycles. The first-order valence-corrected chi connectivity index (χ1v) is 6.00. The van der Waals surface area contributed by atoms with Crippen LogP contribution in [0.5, 0.6) is 0 Å². The molecule has 100 valence electrons. The van der Waals surface area contributed by atoms with Crippen LogP contribution in [0.15, 0.2) is 24.4 Å².